The lowest BCUT2D eigenvalue weighted by Crippen LogP contribution is -2.29. The van der Waals surface area contributed by atoms with Crippen LogP contribution in [-0.4, -0.2) is 34.3 Å². The molecule has 0 aliphatic heterocycles. The maximum atomic E-state index is 12.8. The van der Waals surface area contributed by atoms with Crippen molar-refractivity contribution < 1.29 is 22.7 Å². The first kappa shape index (κ1) is 25.1. The minimum atomic E-state index is -3.52. The van der Waals surface area contributed by atoms with Crippen molar-refractivity contribution in [2.24, 2.45) is 0 Å². The van der Waals surface area contributed by atoms with Gasteiger partial charge in [0.2, 0.25) is 10.0 Å². The summed E-state index contributed by atoms with van der Waals surface area (Å²) in [5.74, 6) is 1.16. The number of hydrogen-bond donors (Lipinski definition) is 1. The van der Waals surface area contributed by atoms with Gasteiger partial charge in [0.05, 0.1) is 38.2 Å². The van der Waals surface area contributed by atoms with Crippen molar-refractivity contribution in [1.29, 1.82) is 0 Å². The monoisotopic (exact) mass is 482 g/mol. The molecule has 0 saturated heterocycles. The smallest absolute Gasteiger partial charge is 0.251 e. The first-order valence-electron chi connectivity index (χ1n) is 11.0. The normalized spacial score (nSPS) is 12.0. The second kappa shape index (κ2) is 11.1. The predicted octanol–water partition coefficient (Wildman–Crippen LogP) is 4.55. The number of hydrogen-bond acceptors (Lipinski definition) is 5. The average Bonchev–Trinajstić information content (AvgIpc) is 2.83. The van der Waals surface area contributed by atoms with Gasteiger partial charge in [-0.25, -0.2) is 8.42 Å². The summed E-state index contributed by atoms with van der Waals surface area (Å²) in [5, 5.41) is 2.98. The number of carbonyl (C=O) groups is 1. The van der Waals surface area contributed by atoms with Gasteiger partial charge >= 0.3 is 0 Å². The maximum absolute atomic E-state index is 12.8. The third-order valence-electron chi connectivity index (χ3n) is 5.33. The molecule has 0 aliphatic carbocycles. The minimum absolute atomic E-state index is 0.145. The Balaban J connectivity index is 1.72. The number of ether oxygens (including phenoxy) is 2. The number of amides is 1. The first-order chi connectivity index (χ1) is 16.2. The van der Waals surface area contributed by atoms with E-state index in [0.717, 1.165) is 11.1 Å². The predicted molar refractivity (Wildman–Crippen MR) is 134 cm³/mol. The fourth-order valence-corrected chi connectivity index (χ4v) is 4.47. The second-order valence-electron chi connectivity index (χ2n) is 7.83. The molecule has 3 rings (SSSR count). The Hall–Kier alpha value is -3.52. The van der Waals surface area contributed by atoms with Crippen LogP contribution in [0.25, 0.3) is 0 Å². The summed E-state index contributed by atoms with van der Waals surface area (Å²) >= 11 is 0. The van der Waals surface area contributed by atoms with Crippen LogP contribution in [0.3, 0.4) is 0 Å². The van der Waals surface area contributed by atoms with E-state index in [1.54, 1.807) is 55.6 Å². The van der Waals surface area contributed by atoms with E-state index in [1.807, 2.05) is 38.1 Å². The molecule has 0 fully saturated rings. The van der Waals surface area contributed by atoms with Crippen LogP contribution in [0.15, 0.2) is 72.8 Å². The van der Waals surface area contributed by atoms with Crippen LogP contribution in [0.5, 0.6) is 11.5 Å². The lowest BCUT2D eigenvalue weighted by atomic mass is 10.1. The number of nitrogens with one attached hydrogen (secondary N) is 1. The van der Waals surface area contributed by atoms with Gasteiger partial charge in [0, 0.05) is 11.1 Å². The SMILES string of the molecule is CCOc1ccc(N(Cc2ccc(C(=O)N[C@@H](C)c3ccccc3OC)cc2)S(C)(=O)=O)cc1. The summed E-state index contributed by atoms with van der Waals surface area (Å²) in [6, 6.07) is 21.1. The number of nitrogens with zero attached hydrogens (tertiary/aromatic N) is 1. The molecule has 0 bridgehead atoms. The average molecular weight is 483 g/mol. The molecular formula is C26H30N2O5S. The summed E-state index contributed by atoms with van der Waals surface area (Å²) in [7, 11) is -1.92. The molecule has 0 heterocycles. The minimum Gasteiger partial charge on any atom is -0.496 e. The number of para-hydroxylation sites is 1. The van der Waals surface area contributed by atoms with Gasteiger partial charge in [-0.05, 0) is 61.9 Å². The summed E-state index contributed by atoms with van der Waals surface area (Å²) < 4.78 is 37.0. The van der Waals surface area contributed by atoms with Gasteiger partial charge in [0.25, 0.3) is 5.91 Å². The number of benzene rings is 3. The van der Waals surface area contributed by atoms with E-state index in [1.165, 1.54) is 10.6 Å². The Bertz CT molecular complexity index is 1210. The van der Waals surface area contributed by atoms with E-state index in [-0.39, 0.29) is 18.5 Å². The molecule has 7 nitrogen and oxygen atoms in total. The topological polar surface area (TPSA) is 84.9 Å². The van der Waals surface area contributed by atoms with Crippen LogP contribution >= 0.6 is 0 Å². The molecule has 1 amide bonds. The zero-order valence-corrected chi connectivity index (χ0v) is 20.6. The molecule has 0 aliphatic rings. The van der Waals surface area contributed by atoms with E-state index < -0.39 is 10.0 Å². The molecule has 1 N–H and O–H groups in total. The number of methoxy groups -OCH3 is 1. The molecule has 0 spiro atoms. The van der Waals surface area contributed by atoms with Gasteiger partial charge < -0.3 is 14.8 Å². The van der Waals surface area contributed by atoms with Crippen LogP contribution in [0.4, 0.5) is 5.69 Å². The highest BCUT2D eigenvalue weighted by molar-refractivity contribution is 7.92. The quantitative estimate of drug-likeness (QED) is 0.458. The summed E-state index contributed by atoms with van der Waals surface area (Å²) in [5.41, 5.74) is 2.67. The van der Waals surface area contributed by atoms with Crippen molar-refractivity contribution in [3.8, 4) is 11.5 Å². The van der Waals surface area contributed by atoms with E-state index in [0.29, 0.717) is 29.4 Å². The molecule has 8 heteroatoms. The zero-order valence-electron chi connectivity index (χ0n) is 19.8. The highest BCUT2D eigenvalue weighted by atomic mass is 32.2. The molecule has 0 saturated carbocycles. The van der Waals surface area contributed by atoms with E-state index >= 15 is 0 Å². The lowest BCUT2D eigenvalue weighted by Gasteiger charge is -2.23. The Kier molecular flexibility index (Phi) is 8.17. The Labute approximate surface area is 201 Å². The number of sulfonamides is 1. The molecule has 0 unspecified atom stereocenters. The van der Waals surface area contributed by atoms with Crippen LogP contribution in [0.2, 0.25) is 0 Å². The van der Waals surface area contributed by atoms with E-state index in [4.69, 9.17) is 9.47 Å². The number of anilines is 1. The molecule has 0 aromatic heterocycles. The third kappa shape index (κ3) is 6.29. The highest BCUT2D eigenvalue weighted by Gasteiger charge is 2.19. The molecule has 3 aromatic rings. The standard InChI is InChI=1S/C26H30N2O5S/c1-5-33-23-16-14-22(15-17-23)28(34(4,30)31)18-20-10-12-21(13-11-20)26(29)27-19(2)24-8-6-7-9-25(24)32-3/h6-17,19H,5,18H2,1-4H3,(H,27,29)/t19-/m0/s1. The highest BCUT2D eigenvalue weighted by Crippen LogP contribution is 2.26. The summed E-state index contributed by atoms with van der Waals surface area (Å²) in [6.07, 6.45) is 1.17. The molecule has 180 valence electrons. The first-order valence-corrected chi connectivity index (χ1v) is 12.8. The fourth-order valence-electron chi connectivity index (χ4n) is 3.58. The Morgan fingerprint density at radius 1 is 1.00 bits per heavy atom. The van der Waals surface area contributed by atoms with Crippen LogP contribution in [0, 0.1) is 0 Å². The largest absolute Gasteiger partial charge is 0.496 e. The van der Waals surface area contributed by atoms with Crippen LogP contribution in [0.1, 0.15) is 41.4 Å². The third-order valence-corrected chi connectivity index (χ3v) is 6.47. The van der Waals surface area contributed by atoms with Crippen LogP contribution < -0.4 is 19.1 Å². The second-order valence-corrected chi connectivity index (χ2v) is 9.74. The van der Waals surface area contributed by atoms with Gasteiger partial charge in [-0.1, -0.05) is 30.3 Å². The van der Waals surface area contributed by atoms with Gasteiger partial charge in [0.15, 0.2) is 0 Å². The summed E-state index contributed by atoms with van der Waals surface area (Å²) in [6.45, 7) is 4.46. The van der Waals surface area contributed by atoms with Crippen molar-refractivity contribution >= 4 is 21.6 Å². The Morgan fingerprint density at radius 2 is 1.65 bits per heavy atom. The fraction of sp³-hybridized carbons (Fsp3) is 0.269. The lowest BCUT2D eigenvalue weighted by molar-refractivity contribution is 0.0939. The van der Waals surface area contributed by atoms with Gasteiger partial charge in [0.1, 0.15) is 11.5 Å². The van der Waals surface area contributed by atoms with Gasteiger partial charge in [-0.2, -0.15) is 0 Å². The summed E-state index contributed by atoms with van der Waals surface area (Å²) in [4.78, 5) is 12.8. The Morgan fingerprint density at radius 3 is 2.24 bits per heavy atom. The van der Waals surface area contributed by atoms with Gasteiger partial charge in [-0.3, -0.25) is 9.10 Å². The van der Waals surface area contributed by atoms with Crippen LogP contribution in [-0.2, 0) is 16.6 Å². The van der Waals surface area contributed by atoms with Crippen molar-refractivity contribution in [3.05, 3.63) is 89.5 Å². The van der Waals surface area contributed by atoms with Crippen molar-refractivity contribution in [2.45, 2.75) is 26.4 Å². The van der Waals surface area contributed by atoms with Crippen molar-refractivity contribution in [1.82, 2.24) is 5.32 Å². The number of carbonyl (C=O) groups excluding carboxylic acids is 1. The molecule has 0 radical (unpaired) electrons. The van der Waals surface area contributed by atoms with Crippen molar-refractivity contribution in [2.75, 3.05) is 24.3 Å². The molecule has 1 atom stereocenters. The van der Waals surface area contributed by atoms with Crippen molar-refractivity contribution in [3.63, 3.8) is 0 Å². The molecule has 3 aromatic carbocycles. The van der Waals surface area contributed by atoms with E-state index in [9.17, 15) is 13.2 Å². The maximum Gasteiger partial charge on any atom is 0.251 e. The molecular weight excluding hydrogens is 452 g/mol. The number of rotatable bonds is 10. The van der Waals surface area contributed by atoms with Gasteiger partial charge in [-0.15, -0.1) is 0 Å². The molecule has 34 heavy (non-hydrogen) atoms. The van der Waals surface area contributed by atoms with E-state index in [2.05, 4.69) is 5.32 Å². The zero-order chi connectivity index (χ0) is 24.7.